The number of aryl methyl sites for hydroxylation is 1. The van der Waals surface area contributed by atoms with Gasteiger partial charge in [0.1, 0.15) is 6.33 Å². The number of hydrogen-bond acceptors (Lipinski definition) is 3. The van der Waals surface area contributed by atoms with Crippen molar-refractivity contribution < 1.29 is 4.79 Å². The van der Waals surface area contributed by atoms with Gasteiger partial charge in [-0.05, 0) is 24.0 Å². The van der Waals surface area contributed by atoms with E-state index in [2.05, 4.69) is 39.6 Å². The van der Waals surface area contributed by atoms with Crippen molar-refractivity contribution in [1.29, 1.82) is 0 Å². The molecule has 100 valence electrons. The topological polar surface area (TPSA) is 70.7 Å². The van der Waals surface area contributed by atoms with Crippen LogP contribution in [0, 0.1) is 0 Å². The maximum atomic E-state index is 11.7. The molecule has 0 aliphatic rings. The highest BCUT2D eigenvalue weighted by atomic mass is 16.1. The van der Waals surface area contributed by atoms with Crippen LogP contribution in [0.4, 0.5) is 5.95 Å². The van der Waals surface area contributed by atoms with Gasteiger partial charge in [0.05, 0.1) is 6.42 Å². The van der Waals surface area contributed by atoms with Crippen LogP contribution in [0.3, 0.4) is 0 Å². The first-order chi connectivity index (χ1) is 9.28. The average molecular weight is 258 g/mol. The second kappa shape index (κ2) is 6.68. The number of aromatic nitrogens is 3. The number of anilines is 1. The van der Waals surface area contributed by atoms with E-state index in [1.807, 2.05) is 12.1 Å². The summed E-state index contributed by atoms with van der Waals surface area (Å²) in [5.74, 6) is 0.280. The molecule has 2 aromatic rings. The zero-order chi connectivity index (χ0) is 13.5. The molecule has 0 aliphatic heterocycles. The predicted octanol–water partition coefficient (Wildman–Crippen LogP) is 2.33. The molecule has 2 rings (SSSR count). The summed E-state index contributed by atoms with van der Waals surface area (Å²) < 4.78 is 0. The molecule has 5 heteroatoms. The molecule has 0 atom stereocenters. The molecular weight excluding hydrogens is 240 g/mol. The first-order valence-electron chi connectivity index (χ1n) is 6.51. The molecule has 1 amide bonds. The number of carbonyl (C=O) groups excluding carboxylic acids is 1. The Labute approximate surface area is 112 Å². The van der Waals surface area contributed by atoms with Gasteiger partial charge in [-0.15, -0.1) is 0 Å². The van der Waals surface area contributed by atoms with Crippen LogP contribution in [0.5, 0.6) is 0 Å². The van der Waals surface area contributed by atoms with Crippen LogP contribution in [0.2, 0.25) is 0 Å². The maximum Gasteiger partial charge on any atom is 0.231 e. The summed E-state index contributed by atoms with van der Waals surface area (Å²) in [6.07, 6.45) is 5.20. The number of hydrogen-bond donors (Lipinski definition) is 2. The third-order valence-electron chi connectivity index (χ3n) is 2.88. The molecule has 0 radical (unpaired) electrons. The number of nitrogens with one attached hydrogen (secondary N) is 2. The van der Waals surface area contributed by atoms with E-state index in [4.69, 9.17) is 0 Å². The fraction of sp³-hybridized carbons (Fsp3) is 0.357. The Morgan fingerprint density at radius 2 is 2.00 bits per heavy atom. The van der Waals surface area contributed by atoms with Crippen molar-refractivity contribution in [2.24, 2.45) is 0 Å². The van der Waals surface area contributed by atoms with Gasteiger partial charge in [-0.25, -0.2) is 5.10 Å². The molecule has 1 aromatic heterocycles. The van der Waals surface area contributed by atoms with Gasteiger partial charge in [-0.3, -0.25) is 10.1 Å². The van der Waals surface area contributed by atoms with Crippen molar-refractivity contribution >= 4 is 11.9 Å². The zero-order valence-corrected chi connectivity index (χ0v) is 11.0. The summed E-state index contributed by atoms with van der Waals surface area (Å²) in [4.78, 5) is 15.6. The zero-order valence-electron chi connectivity index (χ0n) is 11.0. The lowest BCUT2D eigenvalue weighted by Gasteiger charge is -2.04. The van der Waals surface area contributed by atoms with E-state index >= 15 is 0 Å². The Bertz CT molecular complexity index is 505. The Balaban J connectivity index is 1.86. The normalized spacial score (nSPS) is 10.4. The molecule has 19 heavy (non-hydrogen) atoms. The SMILES string of the molecule is CCCCc1ccc(CC(=O)Nc2ncn[nH]2)cc1. The Morgan fingerprint density at radius 1 is 1.26 bits per heavy atom. The maximum absolute atomic E-state index is 11.7. The fourth-order valence-corrected chi connectivity index (χ4v) is 1.83. The largest absolute Gasteiger partial charge is 0.295 e. The van der Waals surface area contributed by atoms with E-state index in [0.717, 1.165) is 12.0 Å². The summed E-state index contributed by atoms with van der Waals surface area (Å²) in [6.45, 7) is 2.18. The average Bonchev–Trinajstić information content (AvgIpc) is 2.90. The highest BCUT2D eigenvalue weighted by Gasteiger charge is 2.05. The second-order valence-electron chi connectivity index (χ2n) is 4.48. The molecule has 2 N–H and O–H groups in total. The van der Waals surface area contributed by atoms with Crippen molar-refractivity contribution in [1.82, 2.24) is 15.2 Å². The number of unbranched alkanes of at least 4 members (excludes halogenated alkanes) is 1. The van der Waals surface area contributed by atoms with Crippen molar-refractivity contribution in [3.8, 4) is 0 Å². The van der Waals surface area contributed by atoms with Crippen LogP contribution in [-0.2, 0) is 17.6 Å². The molecule has 5 nitrogen and oxygen atoms in total. The number of nitrogens with zero attached hydrogens (tertiary/aromatic N) is 2. The minimum atomic E-state index is -0.0990. The second-order valence-corrected chi connectivity index (χ2v) is 4.48. The lowest BCUT2D eigenvalue weighted by atomic mass is 10.0. The number of rotatable bonds is 6. The predicted molar refractivity (Wildman–Crippen MR) is 73.8 cm³/mol. The number of aromatic amines is 1. The minimum absolute atomic E-state index is 0.0990. The summed E-state index contributed by atoms with van der Waals surface area (Å²) in [5, 5.41) is 8.92. The molecule has 0 saturated carbocycles. The molecule has 0 saturated heterocycles. The lowest BCUT2D eigenvalue weighted by molar-refractivity contribution is -0.115. The van der Waals surface area contributed by atoms with Crippen molar-refractivity contribution in [3.63, 3.8) is 0 Å². The Kier molecular flexibility index (Phi) is 4.66. The molecule has 0 spiro atoms. The van der Waals surface area contributed by atoms with Gasteiger partial charge >= 0.3 is 0 Å². The quantitative estimate of drug-likeness (QED) is 0.835. The van der Waals surface area contributed by atoms with E-state index in [9.17, 15) is 4.79 Å². The third-order valence-corrected chi connectivity index (χ3v) is 2.88. The van der Waals surface area contributed by atoms with Gasteiger partial charge < -0.3 is 0 Å². The first kappa shape index (κ1) is 13.3. The summed E-state index contributed by atoms with van der Waals surface area (Å²) >= 11 is 0. The van der Waals surface area contributed by atoms with Gasteiger partial charge in [0, 0.05) is 0 Å². The molecule has 0 fully saturated rings. The highest BCUT2D eigenvalue weighted by molar-refractivity contribution is 5.90. The van der Waals surface area contributed by atoms with Gasteiger partial charge in [0.25, 0.3) is 0 Å². The number of benzene rings is 1. The van der Waals surface area contributed by atoms with Gasteiger partial charge in [-0.1, -0.05) is 37.6 Å². The summed E-state index contributed by atoms with van der Waals surface area (Å²) in [7, 11) is 0. The Morgan fingerprint density at radius 3 is 2.63 bits per heavy atom. The van der Waals surface area contributed by atoms with Gasteiger partial charge in [0.2, 0.25) is 11.9 Å². The fourth-order valence-electron chi connectivity index (χ4n) is 1.83. The molecule has 0 bridgehead atoms. The molecule has 1 aromatic carbocycles. The molecule has 1 heterocycles. The molecule has 0 unspecified atom stereocenters. The van der Waals surface area contributed by atoms with E-state index < -0.39 is 0 Å². The standard InChI is InChI=1S/C14H18N4O/c1-2-3-4-11-5-7-12(8-6-11)9-13(19)17-14-15-10-16-18-14/h5-8,10H,2-4,9H2,1H3,(H2,15,16,17,18,19). The van der Waals surface area contributed by atoms with E-state index in [1.165, 1.54) is 24.7 Å². The van der Waals surface area contributed by atoms with Crippen LogP contribution >= 0.6 is 0 Å². The lowest BCUT2D eigenvalue weighted by Crippen LogP contribution is -2.15. The summed E-state index contributed by atoms with van der Waals surface area (Å²) in [6, 6.07) is 8.19. The van der Waals surface area contributed by atoms with Gasteiger partial charge in [-0.2, -0.15) is 10.1 Å². The monoisotopic (exact) mass is 258 g/mol. The summed E-state index contributed by atoms with van der Waals surface area (Å²) in [5.41, 5.74) is 2.32. The van der Waals surface area contributed by atoms with Crippen molar-refractivity contribution in [3.05, 3.63) is 41.7 Å². The third kappa shape index (κ3) is 4.21. The van der Waals surface area contributed by atoms with Crippen LogP contribution in [-0.4, -0.2) is 21.1 Å². The van der Waals surface area contributed by atoms with Crippen molar-refractivity contribution in [2.45, 2.75) is 32.6 Å². The van der Waals surface area contributed by atoms with Crippen LogP contribution < -0.4 is 5.32 Å². The molecule has 0 aliphatic carbocycles. The van der Waals surface area contributed by atoms with E-state index in [0.29, 0.717) is 12.4 Å². The first-order valence-corrected chi connectivity index (χ1v) is 6.51. The Hall–Kier alpha value is -2.17. The van der Waals surface area contributed by atoms with E-state index in [-0.39, 0.29) is 5.91 Å². The number of carbonyl (C=O) groups is 1. The van der Waals surface area contributed by atoms with E-state index in [1.54, 1.807) is 0 Å². The van der Waals surface area contributed by atoms with Crippen LogP contribution in [0.25, 0.3) is 0 Å². The number of amides is 1. The number of H-pyrrole nitrogens is 1. The minimum Gasteiger partial charge on any atom is -0.295 e. The van der Waals surface area contributed by atoms with Gasteiger partial charge in [0.15, 0.2) is 0 Å². The van der Waals surface area contributed by atoms with Crippen molar-refractivity contribution in [2.75, 3.05) is 5.32 Å². The molecular formula is C14H18N4O. The smallest absolute Gasteiger partial charge is 0.231 e. The highest BCUT2D eigenvalue weighted by Crippen LogP contribution is 2.09. The van der Waals surface area contributed by atoms with Crippen LogP contribution in [0.1, 0.15) is 30.9 Å². The van der Waals surface area contributed by atoms with Crippen LogP contribution in [0.15, 0.2) is 30.6 Å².